The Morgan fingerprint density at radius 3 is 2.36 bits per heavy atom. The van der Waals surface area contributed by atoms with Gasteiger partial charge in [0.15, 0.2) is 0 Å². The van der Waals surface area contributed by atoms with Gasteiger partial charge in [-0.1, -0.05) is 31.5 Å². The van der Waals surface area contributed by atoms with Crippen molar-refractivity contribution in [1.82, 2.24) is 0 Å². The molecule has 0 aromatic heterocycles. The Morgan fingerprint density at radius 1 is 1.36 bits per heavy atom. The third-order valence-electron chi connectivity index (χ3n) is 0.954. The maximum Gasteiger partial charge on any atom is 0.0992 e. The minimum Gasteiger partial charge on any atom is -0.192 e. The zero-order valence-electron chi connectivity index (χ0n) is 6.63. The van der Waals surface area contributed by atoms with Gasteiger partial charge in [-0.2, -0.15) is 5.26 Å². The van der Waals surface area contributed by atoms with E-state index in [2.05, 4.69) is 0 Å². The second-order valence-electron chi connectivity index (χ2n) is 1.62. The molecule has 0 radical (unpaired) electrons. The maximum atomic E-state index is 8.35. The van der Waals surface area contributed by atoms with Crippen molar-refractivity contribution in [1.29, 1.82) is 5.26 Å². The maximum absolute atomic E-state index is 8.35. The molecule has 0 fully saturated rings. The summed E-state index contributed by atoms with van der Waals surface area (Å²) in [6.07, 6.45) is 0. The molecule has 0 saturated carbocycles. The molecule has 11 heavy (non-hydrogen) atoms. The predicted molar refractivity (Wildman–Crippen MR) is 47.5 cm³/mol. The Kier molecular flexibility index (Phi) is 5.24. The molecule has 0 N–H and O–H groups in total. The van der Waals surface area contributed by atoms with E-state index >= 15 is 0 Å². The van der Waals surface area contributed by atoms with Crippen LogP contribution in [0.1, 0.15) is 19.4 Å². The third kappa shape index (κ3) is 3.64. The highest BCUT2D eigenvalue weighted by molar-refractivity contribution is 6.30. The van der Waals surface area contributed by atoms with Gasteiger partial charge in [0.2, 0.25) is 0 Å². The molecule has 58 valence electrons. The van der Waals surface area contributed by atoms with Crippen molar-refractivity contribution in [3.63, 3.8) is 0 Å². The first kappa shape index (κ1) is 10.0. The number of halogens is 1. The van der Waals surface area contributed by atoms with Crippen LogP contribution in [0.5, 0.6) is 0 Å². The van der Waals surface area contributed by atoms with Crippen LogP contribution in [0.3, 0.4) is 0 Å². The molecule has 0 amide bonds. The van der Waals surface area contributed by atoms with Gasteiger partial charge in [-0.3, -0.25) is 0 Å². The fraction of sp³-hybridized carbons (Fsp3) is 0.222. The Balaban J connectivity index is 0.000000461. The largest absolute Gasteiger partial charge is 0.192 e. The number of rotatable bonds is 0. The zero-order valence-corrected chi connectivity index (χ0v) is 7.39. The van der Waals surface area contributed by atoms with Gasteiger partial charge in [0.05, 0.1) is 11.6 Å². The first-order valence-corrected chi connectivity index (χ1v) is 3.86. The minimum atomic E-state index is 0.600. The normalized spacial score (nSPS) is 7.45. The van der Waals surface area contributed by atoms with Crippen LogP contribution in [0, 0.1) is 11.3 Å². The summed E-state index contributed by atoms with van der Waals surface area (Å²) in [6, 6.07) is 8.81. The summed E-state index contributed by atoms with van der Waals surface area (Å²) >= 11 is 5.57. The summed E-state index contributed by atoms with van der Waals surface area (Å²) in [4.78, 5) is 0. The molecule has 0 aliphatic heterocycles. The van der Waals surface area contributed by atoms with Crippen LogP contribution in [0.25, 0.3) is 0 Å². The summed E-state index contributed by atoms with van der Waals surface area (Å²) in [6.45, 7) is 4.00. The van der Waals surface area contributed by atoms with Crippen LogP contribution in [0.4, 0.5) is 0 Å². The Hall–Kier alpha value is -1.00. The van der Waals surface area contributed by atoms with Gasteiger partial charge in [0.1, 0.15) is 0 Å². The molecule has 0 atom stereocenters. The fourth-order valence-corrected chi connectivity index (χ4v) is 0.748. The third-order valence-corrected chi connectivity index (χ3v) is 1.19. The topological polar surface area (TPSA) is 23.8 Å². The smallest absolute Gasteiger partial charge is 0.0992 e. The molecule has 0 saturated heterocycles. The van der Waals surface area contributed by atoms with E-state index < -0.39 is 0 Å². The lowest BCUT2D eigenvalue weighted by Crippen LogP contribution is -1.69. The number of hydrogen-bond donors (Lipinski definition) is 0. The molecule has 0 aliphatic carbocycles. The molecular formula is C9H10ClN. The molecule has 1 aromatic carbocycles. The summed E-state index contributed by atoms with van der Waals surface area (Å²) in [7, 11) is 0. The number of nitrogens with zero attached hydrogens (tertiary/aromatic N) is 1. The van der Waals surface area contributed by atoms with Crippen molar-refractivity contribution < 1.29 is 0 Å². The average Bonchev–Trinajstić information content (AvgIpc) is 2.08. The molecule has 1 nitrogen and oxygen atoms in total. The highest BCUT2D eigenvalue weighted by atomic mass is 35.5. The fourth-order valence-electron chi connectivity index (χ4n) is 0.558. The highest BCUT2D eigenvalue weighted by Crippen LogP contribution is 2.08. The summed E-state index contributed by atoms with van der Waals surface area (Å²) in [5.74, 6) is 0. The van der Waals surface area contributed by atoms with E-state index in [1.54, 1.807) is 24.3 Å². The van der Waals surface area contributed by atoms with Crippen molar-refractivity contribution in [3.8, 4) is 6.07 Å². The van der Waals surface area contributed by atoms with E-state index in [4.69, 9.17) is 16.9 Å². The van der Waals surface area contributed by atoms with E-state index in [-0.39, 0.29) is 0 Å². The van der Waals surface area contributed by atoms with Gasteiger partial charge in [0.25, 0.3) is 0 Å². The quantitative estimate of drug-likeness (QED) is 0.582. The zero-order chi connectivity index (χ0) is 8.69. The minimum absolute atomic E-state index is 0.600. The van der Waals surface area contributed by atoms with Gasteiger partial charge in [-0.15, -0.1) is 0 Å². The molecule has 0 unspecified atom stereocenters. The predicted octanol–water partition coefficient (Wildman–Crippen LogP) is 3.24. The van der Waals surface area contributed by atoms with E-state index in [1.807, 2.05) is 19.9 Å². The van der Waals surface area contributed by atoms with Crippen LogP contribution >= 0.6 is 11.6 Å². The summed E-state index contributed by atoms with van der Waals surface area (Å²) in [5, 5.41) is 8.96. The number of nitriles is 1. The van der Waals surface area contributed by atoms with E-state index in [9.17, 15) is 0 Å². The molecule has 0 aliphatic rings. The molecule has 0 bridgehead atoms. The lowest BCUT2D eigenvalue weighted by Gasteiger charge is -1.86. The number of benzene rings is 1. The van der Waals surface area contributed by atoms with Crippen molar-refractivity contribution in [2.75, 3.05) is 0 Å². The van der Waals surface area contributed by atoms with Crippen molar-refractivity contribution in [2.24, 2.45) is 0 Å². The standard InChI is InChI=1S/C7H4ClN.C2H6/c8-7-3-1-2-6(4-7)5-9;1-2/h1-4H;1-2H3. The lowest BCUT2D eigenvalue weighted by molar-refractivity contribution is 1.49. The Morgan fingerprint density at radius 2 is 2.00 bits per heavy atom. The molecule has 0 heterocycles. The Bertz CT molecular complexity index is 250. The van der Waals surface area contributed by atoms with Crippen LogP contribution in [0.2, 0.25) is 5.02 Å². The van der Waals surface area contributed by atoms with E-state index in [0.717, 1.165) is 0 Å². The summed E-state index contributed by atoms with van der Waals surface area (Å²) < 4.78 is 0. The van der Waals surface area contributed by atoms with Crippen LogP contribution in [0.15, 0.2) is 24.3 Å². The first-order valence-electron chi connectivity index (χ1n) is 3.48. The van der Waals surface area contributed by atoms with Crippen molar-refractivity contribution in [3.05, 3.63) is 34.9 Å². The van der Waals surface area contributed by atoms with Gasteiger partial charge in [0, 0.05) is 5.02 Å². The average molecular weight is 168 g/mol. The summed E-state index contributed by atoms with van der Waals surface area (Å²) in [5.41, 5.74) is 0.600. The molecule has 2 heteroatoms. The molecule has 1 aromatic rings. The van der Waals surface area contributed by atoms with Crippen LogP contribution in [-0.2, 0) is 0 Å². The van der Waals surface area contributed by atoms with Gasteiger partial charge in [-0.25, -0.2) is 0 Å². The van der Waals surface area contributed by atoms with Crippen molar-refractivity contribution in [2.45, 2.75) is 13.8 Å². The number of hydrogen-bond acceptors (Lipinski definition) is 1. The van der Waals surface area contributed by atoms with Gasteiger partial charge >= 0.3 is 0 Å². The van der Waals surface area contributed by atoms with Gasteiger partial charge in [-0.05, 0) is 18.2 Å². The van der Waals surface area contributed by atoms with E-state index in [0.29, 0.717) is 10.6 Å². The SMILES string of the molecule is CC.N#Cc1cccc(Cl)c1. The van der Waals surface area contributed by atoms with Crippen LogP contribution < -0.4 is 0 Å². The van der Waals surface area contributed by atoms with Gasteiger partial charge < -0.3 is 0 Å². The van der Waals surface area contributed by atoms with Crippen LogP contribution in [-0.4, -0.2) is 0 Å². The van der Waals surface area contributed by atoms with E-state index in [1.165, 1.54) is 0 Å². The monoisotopic (exact) mass is 167 g/mol. The lowest BCUT2D eigenvalue weighted by atomic mass is 10.2. The highest BCUT2D eigenvalue weighted by Gasteiger charge is 1.87. The first-order chi connectivity index (χ1) is 5.33. The Labute approximate surface area is 72.2 Å². The second-order valence-corrected chi connectivity index (χ2v) is 2.06. The van der Waals surface area contributed by atoms with Crippen molar-refractivity contribution >= 4 is 11.6 Å². The molecule has 1 rings (SSSR count). The molecule has 0 spiro atoms. The second kappa shape index (κ2) is 5.76. The molecular weight excluding hydrogens is 158 g/mol.